The summed E-state index contributed by atoms with van der Waals surface area (Å²) in [7, 11) is 2.16. The predicted octanol–water partition coefficient (Wildman–Crippen LogP) is 7.53. The van der Waals surface area contributed by atoms with E-state index in [2.05, 4.69) is 97.5 Å². The summed E-state index contributed by atoms with van der Waals surface area (Å²) in [4.78, 5) is 2.31. The van der Waals surface area contributed by atoms with Crippen LogP contribution in [0, 0.1) is 0 Å². The predicted molar refractivity (Wildman–Crippen MR) is 197 cm³/mol. The Bertz CT molecular complexity index is 1780. The Hall–Kier alpha value is -3.45. The average molecular weight is 690 g/mol. The van der Waals surface area contributed by atoms with Crippen molar-refractivity contribution in [1.29, 1.82) is 0 Å². The molecule has 0 saturated carbocycles. The molecule has 11 nitrogen and oxygen atoms in total. The number of ether oxygens (including phenoxy) is 3. The molecule has 6 rings (SSSR count). The Morgan fingerprint density at radius 3 is 2.59 bits per heavy atom. The van der Waals surface area contributed by atoms with Crippen LogP contribution in [-0.4, -0.2) is 82.1 Å². The molecule has 1 aromatic carbocycles. The minimum atomic E-state index is -1.93. The fourth-order valence-electron chi connectivity index (χ4n) is 6.45. The van der Waals surface area contributed by atoms with Crippen LogP contribution in [0.4, 0.5) is 0 Å². The van der Waals surface area contributed by atoms with Gasteiger partial charge in [-0.15, -0.1) is 5.10 Å². The number of benzene rings is 1. The van der Waals surface area contributed by atoms with Crippen molar-refractivity contribution in [2.24, 2.45) is 7.05 Å². The summed E-state index contributed by atoms with van der Waals surface area (Å²) in [5.41, 5.74) is 5.96. The molecule has 2 aliphatic heterocycles. The summed E-state index contributed by atoms with van der Waals surface area (Å²) in [6.45, 7) is 19.5. The highest BCUT2D eigenvalue weighted by Gasteiger charge is 2.37. The summed E-state index contributed by atoms with van der Waals surface area (Å²) >= 11 is 0. The van der Waals surface area contributed by atoms with Crippen LogP contribution in [0.15, 0.2) is 24.4 Å². The maximum atomic E-state index is 6.76. The molecule has 1 saturated heterocycles. The van der Waals surface area contributed by atoms with E-state index in [0.29, 0.717) is 32.2 Å². The minimum Gasteiger partial charge on any atom is -0.476 e. The van der Waals surface area contributed by atoms with E-state index < -0.39 is 8.32 Å². The van der Waals surface area contributed by atoms with Crippen LogP contribution in [-0.2, 0) is 29.3 Å². The van der Waals surface area contributed by atoms with Gasteiger partial charge in [0, 0.05) is 32.1 Å². The van der Waals surface area contributed by atoms with Crippen LogP contribution >= 0.6 is 0 Å². The van der Waals surface area contributed by atoms with Crippen molar-refractivity contribution in [1.82, 2.24) is 34.2 Å². The topological polar surface area (TPSA) is 93.6 Å². The molecule has 1 unspecified atom stereocenters. The molecule has 4 aromatic rings. The van der Waals surface area contributed by atoms with Crippen LogP contribution in [0.2, 0.25) is 18.1 Å². The fraction of sp³-hybridized carbons (Fsp3) is 0.595. The first kappa shape index (κ1) is 35.4. The Morgan fingerprint density at radius 2 is 1.88 bits per heavy atom. The lowest BCUT2D eigenvalue weighted by molar-refractivity contribution is -0.0367. The third-order valence-corrected chi connectivity index (χ3v) is 14.9. The van der Waals surface area contributed by atoms with Crippen molar-refractivity contribution in [3.05, 3.63) is 41.3 Å². The second kappa shape index (κ2) is 14.4. The molecule has 0 amide bonds. The number of rotatable bonds is 8. The van der Waals surface area contributed by atoms with Gasteiger partial charge in [-0.25, -0.2) is 9.36 Å². The van der Waals surface area contributed by atoms with Crippen LogP contribution in [0.1, 0.15) is 83.5 Å². The average Bonchev–Trinajstić information content (AvgIpc) is 3.72. The summed E-state index contributed by atoms with van der Waals surface area (Å²) < 4.78 is 31.8. The Balaban J connectivity index is 1.48. The van der Waals surface area contributed by atoms with E-state index in [0.717, 1.165) is 83.7 Å². The fourth-order valence-corrected chi connectivity index (χ4v) is 7.48. The summed E-state index contributed by atoms with van der Waals surface area (Å²) in [6.07, 6.45) is 10.0. The standard InChI is InChI=1S/C37H55N7O4Si/c1-10-27-24-41(6)25-33-28(35(45-11-2)40-43(33)19-21-47-49(8,9)37(3,4)5)16-17-31-29-22-26(30-23-38-42(7)36(30)48-27)15-18-32(29)44(39-31)34-14-12-13-20-46-34/h15-18,22-23,27,34H,10-14,19-21,24-25H2,1-9H3/b17-16-/t27-,34?/m1/s1. The van der Waals surface area contributed by atoms with Gasteiger partial charge in [0.05, 0.1) is 54.0 Å². The number of hydrogen-bond donors (Lipinski definition) is 0. The first-order valence-electron chi connectivity index (χ1n) is 18.0. The van der Waals surface area contributed by atoms with Crippen molar-refractivity contribution in [3.63, 3.8) is 0 Å². The van der Waals surface area contributed by atoms with E-state index in [1.165, 1.54) is 0 Å². The quantitative estimate of drug-likeness (QED) is 0.175. The largest absolute Gasteiger partial charge is 0.476 e. The van der Waals surface area contributed by atoms with Crippen molar-refractivity contribution in [3.8, 4) is 22.9 Å². The van der Waals surface area contributed by atoms with E-state index in [9.17, 15) is 0 Å². The van der Waals surface area contributed by atoms with Gasteiger partial charge >= 0.3 is 0 Å². The van der Waals surface area contributed by atoms with Crippen LogP contribution in [0.5, 0.6) is 11.8 Å². The molecule has 0 radical (unpaired) electrons. The number of aryl methyl sites for hydroxylation is 1. The number of aromatic nitrogens is 6. The van der Waals surface area contributed by atoms with Gasteiger partial charge in [-0.2, -0.15) is 10.2 Å². The molecule has 0 aliphatic carbocycles. The van der Waals surface area contributed by atoms with E-state index >= 15 is 0 Å². The number of likely N-dealkylation sites (N-methyl/N-ethyl adjacent to an activating group) is 1. The molecular formula is C37H55N7O4Si. The maximum absolute atomic E-state index is 6.76. The first-order valence-corrected chi connectivity index (χ1v) is 20.9. The lowest BCUT2D eigenvalue weighted by Gasteiger charge is -2.36. The highest BCUT2D eigenvalue weighted by molar-refractivity contribution is 6.74. The molecule has 3 aromatic heterocycles. The first-order chi connectivity index (χ1) is 23.4. The second-order valence-electron chi connectivity index (χ2n) is 15.0. The van der Waals surface area contributed by atoms with Crippen molar-refractivity contribution in [2.75, 3.05) is 33.4 Å². The molecule has 266 valence electrons. The summed E-state index contributed by atoms with van der Waals surface area (Å²) in [5, 5.41) is 16.0. The summed E-state index contributed by atoms with van der Waals surface area (Å²) in [5.74, 6) is 1.39. The molecule has 12 heteroatoms. The van der Waals surface area contributed by atoms with Gasteiger partial charge in [0.2, 0.25) is 11.8 Å². The molecule has 2 bridgehead atoms. The number of hydrogen-bond acceptors (Lipinski definition) is 8. The monoisotopic (exact) mass is 689 g/mol. The Kier molecular flexibility index (Phi) is 10.4. The van der Waals surface area contributed by atoms with Crippen molar-refractivity contribution >= 4 is 31.4 Å². The Labute approximate surface area is 292 Å². The molecule has 1 fully saturated rings. The maximum Gasteiger partial charge on any atom is 0.240 e. The van der Waals surface area contributed by atoms with E-state index in [4.69, 9.17) is 28.8 Å². The van der Waals surface area contributed by atoms with Gasteiger partial charge in [-0.1, -0.05) is 33.8 Å². The van der Waals surface area contributed by atoms with Gasteiger partial charge in [0.15, 0.2) is 14.5 Å². The number of nitrogens with zero attached hydrogens (tertiary/aromatic N) is 7. The lowest BCUT2D eigenvalue weighted by atomic mass is 10.0. The zero-order valence-electron chi connectivity index (χ0n) is 31.0. The minimum absolute atomic E-state index is 0.0431. The highest BCUT2D eigenvalue weighted by atomic mass is 28.4. The third-order valence-electron chi connectivity index (χ3n) is 10.4. The normalized spacial score (nSPS) is 20.0. The second-order valence-corrected chi connectivity index (χ2v) is 19.8. The van der Waals surface area contributed by atoms with E-state index in [1.807, 2.05) is 24.9 Å². The smallest absolute Gasteiger partial charge is 0.240 e. The van der Waals surface area contributed by atoms with Gasteiger partial charge in [-0.05, 0) is 87.6 Å². The van der Waals surface area contributed by atoms with Gasteiger partial charge in [-0.3, -0.25) is 9.58 Å². The van der Waals surface area contributed by atoms with E-state index in [1.54, 1.807) is 0 Å². The van der Waals surface area contributed by atoms with E-state index in [-0.39, 0.29) is 17.4 Å². The summed E-state index contributed by atoms with van der Waals surface area (Å²) in [6, 6.07) is 6.52. The highest BCUT2D eigenvalue weighted by Crippen LogP contribution is 2.38. The zero-order valence-corrected chi connectivity index (χ0v) is 32.0. The SMILES string of the molecule is CCOc1nn(CCO[Si](C)(C)C(C)(C)C)c2c1/C=C\c1nn(C3CCCCO3)c3ccc(cc13)-c1cnn(C)c1O[C@H](CC)CN(C)C2. The van der Waals surface area contributed by atoms with Crippen molar-refractivity contribution in [2.45, 2.75) is 104 Å². The Morgan fingerprint density at radius 1 is 1.06 bits per heavy atom. The molecular weight excluding hydrogens is 635 g/mol. The van der Waals surface area contributed by atoms with Crippen LogP contribution < -0.4 is 9.47 Å². The van der Waals surface area contributed by atoms with Gasteiger partial charge in [0.25, 0.3) is 0 Å². The van der Waals surface area contributed by atoms with Gasteiger partial charge < -0.3 is 18.6 Å². The molecule has 2 aliphatic rings. The zero-order chi connectivity index (χ0) is 34.9. The number of fused-ring (bicyclic) bond motifs is 4. The molecule has 0 N–H and O–H groups in total. The van der Waals surface area contributed by atoms with Gasteiger partial charge in [0.1, 0.15) is 6.10 Å². The molecule has 2 atom stereocenters. The van der Waals surface area contributed by atoms with Crippen LogP contribution in [0.3, 0.4) is 0 Å². The molecule has 49 heavy (non-hydrogen) atoms. The van der Waals surface area contributed by atoms with Crippen molar-refractivity contribution < 1.29 is 18.6 Å². The third kappa shape index (κ3) is 7.38. The lowest BCUT2D eigenvalue weighted by Crippen LogP contribution is -2.41. The molecule has 5 heterocycles. The van der Waals surface area contributed by atoms with Crippen LogP contribution in [0.25, 0.3) is 34.2 Å². The molecule has 0 spiro atoms.